The third kappa shape index (κ3) is 3.31. The molecule has 33 heavy (non-hydrogen) atoms. The molecule has 6 nitrogen and oxygen atoms in total. The molecule has 0 radical (unpaired) electrons. The summed E-state index contributed by atoms with van der Waals surface area (Å²) in [5, 5.41) is 5.72. The molecule has 4 heterocycles. The maximum atomic E-state index is 5.55. The zero-order valence-corrected chi connectivity index (χ0v) is 20.2. The number of piperidine rings is 1. The van der Waals surface area contributed by atoms with Crippen LogP contribution in [-0.4, -0.2) is 39.8 Å². The first-order valence-corrected chi connectivity index (χ1v) is 12.1. The molecule has 3 aromatic heterocycles. The molecule has 0 amide bonds. The van der Waals surface area contributed by atoms with E-state index in [0.29, 0.717) is 5.41 Å². The van der Waals surface area contributed by atoms with Crippen LogP contribution in [0.15, 0.2) is 48.8 Å². The number of pyridine rings is 1. The van der Waals surface area contributed by atoms with E-state index in [1.54, 1.807) is 7.11 Å². The molecule has 0 N–H and O–H groups in total. The zero-order valence-electron chi connectivity index (χ0n) is 19.1. The van der Waals surface area contributed by atoms with E-state index in [4.69, 9.17) is 14.8 Å². The second-order valence-electron chi connectivity index (χ2n) is 9.37. The molecule has 1 aromatic carbocycles. The van der Waals surface area contributed by atoms with Crippen molar-refractivity contribution in [3.8, 4) is 17.0 Å². The Hall–Kier alpha value is -2.98. The van der Waals surface area contributed by atoms with Gasteiger partial charge in [0.05, 0.1) is 24.7 Å². The van der Waals surface area contributed by atoms with E-state index in [-0.39, 0.29) is 0 Å². The van der Waals surface area contributed by atoms with E-state index in [0.717, 1.165) is 78.1 Å². The molecule has 1 unspecified atom stereocenters. The summed E-state index contributed by atoms with van der Waals surface area (Å²) < 4.78 is 7.59. The zero-order chi connectivity index (χ0) is 22.6. The minimum atomic E-state index is 0.355. The molecule has 7 heteroatoms. The number of hydrogen-bond acceptors (Lipinski definition) is 5. The van der Waals surface area contributed by atoms with E-state index >= 15 is 0 Å². The topological polar surface area (TPSA) is 55.5 Å². The van der Waals surface area contributed by atoms with Crippen molar-refractivity contribution in [3.05, 3.63) is 65.7 Å². The van der Waals surface area contributed by atoms with Crippen molar-refractivity contribution in [1.29, 1.82) is 0 Å². The first-order chi connectivity index (χ1) is 16.1. The first kappa shape index (κ1) is 20.6. The lowest BCUT2D eigenvalue weighted by Gasteiger charge is -2.40. The number of aryl methyl sites for hydroxylation is 1. The average molecular weight is 458 g/mol. The van der Waals surface area contributed by atoms with E-state index < -0.39 is 0 Å². The van der Waals surface area contributed by atoms with Gasteiger partial charge in [0.1, 0.15) is 11.3 Å². The van der Waals surface area contributed by atoms with Gasteiger partial charge in [-0.15, -0.1) is 9.24 Å². The number of aromatic nitrogens is 4. The average Bonchev–Trinajstić information content (AvgIpc) is 3.44. The van der Waals surface area contributed by atoms with Crippen LogP contribution in [-0.2, 0) is 12.8 Å². The van der Waals surface area contributed by atoms with Crippen LogP contribution >= 0.6 is 9.24 Å². The summed E-state index contributed by atoms with van der Waals surface area (Å²) in [6, 6.07) is 12.5. The fourth-order valence-corrected chi connectivity index (χ4v) is 6.15. The standard InChI is InChI=1S/C26H28N5OP/c1-17-23(19-6-3-7-22(32-2)24(19)33)31-21(8-12-28-31)25(29-17)30-13-9-26(10-14-30)15-18-5-4-11-27-20(18)16-26/h3-8,11-12H,9-10,13-16,33H2,1-2H3. The van der Waals surface area contributed by atoms with Crippen molar-refractivity contribution in [1.82, 2.24) is 19.6 Å². The lowest BCUT2D eigenvalue weighted by atomic mass is 9.76. The Labute approximate surface area is 196 Å². The van der Waals surface area contributed by atoms with Gasteiger partial charge < -0.3 is 9.64 Å². The molecule has 1 aliphatic heterocycles. The molecule has 6 rings (SSSR count). The molecular formula is C26H28N5OP. The summed E-state index contributed by atoms with van der Waals surface area (Å²) in [7, 11) is 4.52. The Kier molecular flexibility index (Phi) is 4.88. The summed E-state index contributed by atoms with van der Waals surface area (Å²) in [6.45, 7) is 4.09. The smallest absolute Gasteiger partial charge is 0.155 e. The third-order valence-electron chi connectivity index (χ3n) is 7.46. The predicted molar refractivity (Wildman–Crippen MR) is 135 cm³/mol. The van der Waals surface area contributed by atoms with Crippen molar-refractivity contribution in [2.24, 2.45) is 5.41 Å². The van der Waals surface area contributed by atoms with Crippen molar-refractivity contribution >= 4 is 25.9 Å². The number of hydrogen-bond donors (Lipinski definition) is 0. The minimum absolute atomic E-state index is 0.355. The quantitative estimate of drug-likeness (QED) is 0.436. The van der Waals surface area contributed by atoms with Crippen molar-refractivity contribution in [3.63, 3.8) is 0 Å². The maximum absolute atomic E-state index is 5.55. The molecule has 4 aromatic rings. The van der Waals surface area contributed by atoms with Gasteiger partial charge in [-0.05, 0) is 61.8 Å². The van der Waals surface area contributed by atoms with Crippen LogP contribution in [0.3, 0.4) is 0 Å². The molecule has 0 bridgehead atoms. The Morgan fingerprint density at radius 2 is 1.88 bits per heavy atom. The molecule has 1 fully saturated rings. The molecular weight excluding hydrogens is 429 g/mol. The summed E-state index contributed by atoms with van der Waals surface area (Å²) in [6.07, 6.45) is 8.40. The molecule has 0 saturated carbocycles. The summed E-state index contributed by atoms with van der Waals surface area (Å²) >= 11 is 0. The van der Waals surface area contributed by atoms with Gasteiger partial charge in [0, 0.05) is 35.8 Å². The van der Waals surface area contributed by atoms with Gasteiger partial charge in [-0.1, -0.05) is 18.2 Å². The van der Waals surface area contributed by atoms with Gasteiger partial charge in [0.25, 0.3) is 0 Å². The van der Waals surface area contributed by atoms with Gasteiger partial charge >= 0.3 is 0 Å². The van der Waals surface area contributed by atoms with Crippen LogP contribution < -0.4 is 14.9 Å². The molecule has 2 aliphatic rings. The second-order valence-corrected chi connectivity index (χ2v) is 9.95. The fraction of sp³-hybridized carbons (Fsp3) is 0.346. The van der Waals surface area contributed by atoms with Gasteiger partial charge in [0.2, 0.25) is 0 Å². The van der Waals surface area contributed by atoms with Crippen molar-refractivity contribution in [2.45, 2.75) is 32.6 Å². The van der Waals surface area contributed by atoms with Crippen LogP contribution in [0.5, 0.6) is 5.75 Å². The van der Waals surface area contributed by atoms with Crippen LogP contribution in [0.1, 0.15) is 29.8 Å². The normalized spacial score (nSPS) is 17.0. The molecule has 1 saturated heterocycles. The van der Waals surface area contributed by atoms with Gasteiger partial charge in [-0.2, -0.15) is 5.10 Å². The van der Waals surface area contributed by atoms with Crippen molar-refractivity contribution < 1.29 is 4.74 Å². The Morgan fingerprint density at radius 3 is 2.67 bits per heavy atom. The van der Waals surface area contributed by atoms with E-state index in [1.807, 2.05) is 29.0 Å². The Balaban J connectivity index is 1.33. The van der Waals surface area contributed by atoms with Crippen molar-refractivity contribution in [2.75, 3.05) is 25.1 Å². The number of rotatable bonds is 3. The van der Waals surface area contributed by atoms with Gasteiger partial charge in [0.15, 0.2) is 5.82 Å². The van der Waals surface area contributed by atoms with E-state index in [9.17, 15) is 0 Å². The minimum Gasteiger partial charge on any atom is -0.496 e. The second kappa shape index (κ2) is 7.81. The van der Waals surface area contributed by atoms with Gasteiger partial charge in [-0.25, -0.2) is 9.50 Å². The highest BCUT2D eigenvalue weighted by atomic mass is 31.0. The SMILES string of the molecule is COc1cccc(-c2c(C)nc(N3CCC4(CC3)Cc3cccnc3C4)c3ccnn23)c1P. The molecule has 1 spiro atoms. The Morgan fingerprint density at radius 1 is 1.03 bits per heavy atom. The number of nitrogens with zero attached hydrogens (tertiary/aromatic N) is 5. The van der Waals surface area contributed by atoms with Crippen LogP contribution in [0, 0.1) is 12.3 Å². The predicted octanol–water partition coefficient (Wildman–Crippen LogP) is 3.99. The monoisotopic (exact) mass is 457 g/mol. The number of fused-ring (bicyclic) bond motifs is 2. The molecule has 168 valence electrons. The third-order valence-corrected chi connectivity index (χ3v) is 8.05. The highest BCUT2D eigenvalue weighted by Crippen LogP contribution is 2.45. The summed E-state index contributed by atoms with van der Waals surface area (Å²) in [5.74, 6) is 1.88. The molecule has 1 aliphatic carbocycles. The number of ether oxygens (including phenoxy) is 1. The Bertz CT molecular complexity index is 1330. The summed E-state index contributed by atoms with van der Waals surface area (Å²) in [5.41, 5.74) is 7.19. The first-order valence-electron chi connectivity index (χ1n) is 11.5. The largest absolute Gasteiger partial charge is 0.496 e. The van der Waals surface area contributed by atoms with Crippen LogP contribution in [0.4, 0.5) is 5.82 Å². The highest BCUT2D eigenvalue weighted by Gasteiger charge is 2.41. The summed E-state index contributed by atoms with van der Waals surface area (Å²) in [4.78, 5) is 12.2. The number of methoxy groups -OCH3 is 1. The van der Waals surface area contributed by atoms with E-state index in [2.05, 4.69) is 50.3 Å². The van der Waals surface area contributed by atoms with E-state index in [1.165, 1.54) is 11.3 Å². The van der Waals surface area contributed by atoms with Crippen LogP contribution in [0.2, 0.25) is 0 Å². The lowest BCUT2D eigenvalue weighted by molar-refractivity contribution is 0.231. The molecule has 1 atom stereocenters. The van der Waals surface area contributed by atoms with Crippen LogP contribution in [0.25, 0.3) is 16.8 Å². The lowest BCUT2D eigenvalue weighted by Crippen LogP contribution is -2.41. The maximum Gasteiger partial charge on any atom is 0.155 e. The fourth-order valence-electron chi connectivity index (χ4n) is 5.70. The van der Waals surface area contributed by atoms with Gasteiger partial charge in [-0.3, -0.25) is 4.98 Å². The number of anilines is 1. The number of benzene rings is 1. The highest BCUT2D eigenvalue weighted by molar-refractivity contribution is 7.28.